The Morgan fingerprint density at radius 1 is 1.35 bits per heavy atom. The van der Waals surface area contributed by atoms with Gasteiger partial charge in [0.15, 0.2) is 0 Å². The van der Waals surface area contributed by atoms with Crippen molar-refractivity contribution in [2.24, 2.45) is 0 Å². The van der Waals surface area contributed by atoms with E-state index in [-0.39, 0.29) is 17.9 Å². The number of benzene rings is 1. The number of methoxy groups -OCH3 is 1. The maximum absolute atomic E-state index is 12.1. The van der Waals surface area contributed by atoms with Gasteiger partial charge in [-0.05, 0) is 37.0 Å². The quantitative estimate of drug-likeness (QED) is 0.893. The Kier molecular flexibility index (Phi) is 4.76. The normalized spacial score (nSPS) is 22.6. The number of nitrogens with one attached hydrogen (secondary N) is 1. The maximum atomic E-state index is 12.1. The van der Waals surface area contributed by atoms with Gasteiger partial charge < -0.3 is 4.74 Å². The largest absolute Gasteiger partial charge is 0.380 e. The molecule has 0 aromatic heterocycles. The third-order valence-electron chi connectivity index (χ3n) is 3.53. The number of hydrogen-bond acceptors (Lipinski definition) is 4. The van der Waals surface area contributed by atoms with Gasteiger partial charge in [0.2, 0.25) is 10.0 Å². The third-order valence-corrected chi connectivity index (χ3v) is 4.90. The van der Waals surface area contributed by atoms with Gasteiger partial charge in [-0.2, -0.15) is 5.26 Å². The van der Waals surface area contributed by atoms with Crippen molar-refractivity contribution in [2.45, 2.75) is 37.2 Å². The molecule has 0 heterocycles. The molecule has 0 aliphatic heterocycles. The van der Waals surface area contributed by atoms with Gasteiger partial charge in [-0.15, -0.1) is 0 Å². The van der Waals surface area contributed by atoms with Crippen LogP contribution in [0.4, 0.5) is 0 Å². The van der Waals surface area contributed by atoms with Crippen LogP contribution in [-0.2, 0) is 20.5 Å². The Bertz CT molecular complexity index is 590. The van der Waals surface area contributed by atoms with Crippen LogP contribution in [0.3, 0.4) is 0 Å². The zero-order chi connectivity index (χ0) is 14.6. The molecular formula is C14H18N2O3S. The molecule has 1 aromatic rings. The number of hydrogen-bond donors (Lipinski definition) is 1. The van der Waals surface area contributed by atoms with E-state index in [1.807, 2.05) is 6.07 Å². The topological polar surface area (TPSA) is 79.2 Å². The summed E-state index contributed by atoms with van der Waals surface area (Å²) in [7, 11) is -1.78. The average Bonchev–Trinajstić information content (AvgIpc) is 2.85. The minimum atomic E-state index is -3.39. The second-order valence-corrected chi connectivity index (χ2v) is 6.75. The van der Waals surface area contributed by atoms with Crippen molar-refractivity contribution >= 4 is 10.0 Å². The summed E-state index contributed by atoms with van der Waals surface area (Å²) in [6.07, 6.45) is 2.64. The summed E-state index contributed by atoms with van der Waals surface area (Å²) in [5, 5.41) is 8.71. The predicted octanol–water partition coefficient (Wildman–Crippen LogP) is 1.55. The summed E-state index contributed by atoms with van der Waals surface area (Å²) in [5.41, 5.74) is 1.19. The van der Waals surface area contributed by atoms with Gasteiger partial charge in [0.1, 0.15) is 0 Å². The fraction of sp³-hybridized carbons (Fsp3) is 0.500. The molecule has 0 radical (unpaired) electrons. The molecule has 2 unspecified atom stereocenters. The molecule has 1 N–H and O–H groups in total. The third kappa shape index (κ3) is 3.79. The highest BCUT2D eigenvalue weighted by Crippen LogP contribution is 2.22. The second-order valence-electron chi connectivity index (χ2n) is 5.00. The summed E-state index contributed by atoms with van der Waals surface area (Å²) < 4.78 is 32.3. The van der Waals surface area contributed by atoms with Gasteiger partial charge in [0, 0.05) is 13.2 Å². The van der Waals surface area contributed by atoms with Crippen molar-refractivity contribution in [3.05, 3.63) is 35.4 Å². The lowest BCUT2D eigenvalue weighted by Crippen LogP contribution is -2.41. The van der Waals surface area contributed by atoms with E-state index in [0.29, 0.717) is 11.1 Å². The van der Waals surface area contributed by atoms with Crippen LogP contribution < -0.4 is 4.72 Å². The van der Waals surface area contributed by atoms with E-state index in [0.717, 1.165) is 19.3 Å². The molecule has 0 spiro atoms. The van der Waals surface area contributed by atoms with Gasteiger partial charge in [0.25, 0.3) is 0 Å². The summed E-state index contributed by atoms with van der Waals surface area (Å²) in [6.45, 7) is 0. The average molecular weight is 294 g/mol. The fourth-order valence-corrected chi connectivity index (χ4v) is 3.96. The van der Waals surface area contributed by atoms with E-state index in [2.05, 4.69) is 4.72 Å². The smallest absolute Gasteiger partial charge is 0.216 e. The summed E-state index contributed by atoms with van der Waals surface area (Å²) >= 11 is 0. The fourth-order valence-electron chi connectivity index (χ4n) is 2.51. The minimum Gasteiger partial charge on any atom is -0.380 e. The van der Waals surface area contributed by atoms with Crippen LogP contribution in [0.25, 0.3) is 0 Å². The number of sulfonamides is 1. The van der Waals surface area contributed by atoms with Crippen LogP contribution >= 0.6 is 0 Å². The first-order chi connectivity index (χ1) is 9.54. The Labute approximate surface area is 119 Å². The predicted molar refractivity (Wildman–Crippen MR) is 75.4 cm³/mol. The van der Waals surface area contributed by atoms with E-state index in [9.17, 15) is 8.42 Å². The number of ether oxygens (including phenoxy) is 1. The molecule has 2 rings (SSSR count). The molecule has 0 saturated heterocycles. The highest BCUT2D eigenvalue weighted by Gasteiger charge is 2.30. The zero-order valence-electron chi connectivity index (χ0n) is 11.4. The molecule has 5 nitrogen and oxygen atoms in total. The van der Waals surface area contributed by atoms with Crippen molar-refractivity contribution in [3.8, 4) is 6.07 Å². The Morgan fingerprint density at radius 3 is 2.65 bits per heavy atom. The van der Waals surface area contributed by atoms with Crippen LogP contribution in [0.15, 0.2) is 24.3 Å². The molecule has 0 bridgehead atoms. The lowest BCUT2D eigenvalue weighted by molar-refractivity contribution is 0.0916. The highest BCUT2D eigenvalue weighted by molar-refractivity contribution is 7.88. The summed E-state index contributed by atoms with van der Waals surface area (Å²) in [6, 6.07) is 8.45. The van der Waals surface area contributed by atoms with Crippen LogP contribution in [0.2, 0.25) is 0 Å². The second kappa shape index (κ2) is 6.35. The maximum Gasteiger partial charge on any atom is 0.216 e. The van der Waals surface area contributed by atoms with Crippen LogP contribution in [0.1, 0.15) is 30.4 Å². The Balaban J connectivity index is 2.01. The Morgan fingerprint density at radius 2 is 2.05 bits per heavy atom. The summed E-state index contributed by atoms with van der Waals surface area (Å²) in [4.78, 5) is 0. The van der Waals surface area contributed by atoms with E-state index >= 15 is 0 Å². The molecule has 1 aliphatic rings. The zero-order valence-corrected chi connectivity index (χ0v) is 12.2. The van der Waals surface area contributed by atoms with E-state index in [1.54, 1.807) is 31.4 Å². The van der Waals surface area contributed by atoms with Crippen molar-refractivity contribution in [1.82, 2.24) is 4.72 Å². The first kappa shape index (κ1) is 15.0. The van der Waals surface area contributed by atoms with Crippen molar-refractivity contribution < 1.29 is 13.2 Å². The number of nitriles is 1. The van der Waals surface area contributed by atoms with Gasteiger partial charge in [-0.1, -0.05) is 12.1 Å². The molecule has 1 saturated carbocycles. The lowest BCUT2D eigenvalue weighted by Gasteiger charge is -2.19. The Hall–Kier alpha value is -1.42. The van der Waals surface area contributed by atoms with Crippen molar-refractivity contribution in [2.75, 3.05) is 7.11 Å². The van der Waals surface area contributed by atoms with Gasteiger partial charge in [-0.25, -0.2) is 13.1 Å². The molecule has 20 heavy (non-hydrogen) atoms. The molecular weight excluding hydrogens is 276 g/mol. The number of nitrogens with zero attached hydrogens (tertiary/aromatic N) is 1. The lowest BCUT2D eigenvalue weighted by atomic mass is 10.2. The highest BCUT2D eigenvalue weighted by atomic mass is 32.2. The van der Waals surface area contributed by atoms with E-state index < -0.39 is 10.0 Å². The molecule has 0 amide bonds. The van der Waals surface area contributed by atoms with Gasteiger partial charge in [0.05, 0.1) is 23.5 Å². The molecule has 1 fully saturated rings. The van der Waals surface area contributed by atoms with Gasteiger partial charge in [-0.3, -0.25) is 0 Å². The minimum absolute atomic E-state index is 0.0364. The van der Waals surface area contributed by atoms with Crippen molar-refractivity contribution in [3.63, 3.8) is 0 Å². The standard InChI is InChI=1S/C14H18N2O3S/c1-19-14-4-2-3-13(14)16-20(17,18)10-12-7-5-11(9-15)6-8-12/h5-8,13-14,16H,2-4,10H2,1H3. The number of rotatable bonds is 5. The van der Waals surface area contributed by atoms with Crippen LogP contribution in [-0.4, -0.2) is 27.7 Å². The van der Waals surface area contributed by atoms with E-state index in [4.69, 9.17) is 10.00 Å². The van der Waals surface area contributed by atoms with E-state index in [1.165, 1.54) is 0 Å². The SMILES string of the molecule is COC1CCCC1NS(=O)(=O)Cc1ccc(C#N)cc1. The molecule has 1 aliphatic carbocycles. The van der Waals surface area contributed by atoms with Crippen molar-refractivity contribution in [1.29, 1.82) is 5.26 Å². The first-order valence-corrected chi connectivity index (χ1v) is 8.21. The van der Waals surface area contributed by atoms with Crippen LogP contribution in [0.5, 0.6) is 0 Å². The van der Waals surface area contributed by atoms with Gasteiger partial charge >= 0.3 is 0 Å². The molecule has 1 aromatic carbocycles. The summed E-state index contributed by atoms with van der Waals surface area (Å²) in [5.74, 6) is -0.0777. The molecule has 6 heteroatoms. The first-order valence-electron chi connectivity index (χ1n) is 6.56. The monoisotopic (exact) mass is 294 g/mol. The van der Waals surface area contributed by atoms with Crippen LogP contribution in [0, 0.1) is 11.3 Å². The molecule has 108 valence electrons. The molecule has 2 atom stereocenters.